The second-order valence-corrected chi connectivity index (χ2v) is 5.03. The van der Waals surface area contributed by atoms with Crippen LogP contribution in [0.2, 0.25) is 0 Å². The van der Waals surface area contributed by atoms with Gasteiger partial charge in [-0.05, 0) is 45.5 Å². The van der Waals surface area contributed by atoms with Gasteiger partial charge in [-0.1, -0.05) is 0 Å². The van der Waals surface area contributed by atoms with E-state index in [4.69, 9.17) is 5.11 Å². The van der Waals surface area contributed by atoms with Gasteiger partial charge < -0.3 is 15.3 Å². The topological polar surface area (TPSA) is 65.5 Å². The van der Waals surface area contributed by atoms with Crippen LogP contribution in [-0.4, -0.2) is 47.1 Å². The third-order valence-corrected chi connectivity index (χ3v) is 3.86. The Morgan fingerprint density at radius 1 is 1.56 bits per heavy atom. The molecule has 1 aliphatic rings. The van der Waals surface area contributed by atoms with Crippen molar-refractivity contribution in [2.24, 2.45) is 0 Å². The SMILES string of the molecule is CN(C)C1(CNc2ncccc2C(=O)O)CCC1. The van der Waals surface area contributed by atoms with Crippen LogP contribution in [0, 0.1) is 0 Å². The first-order valence-electron chi connectivity index (χ1n) is 6.15. The van der Waals surface area contributed by atoms with Gasteiger partial charge in [0, 0.05) is 18.3 Å². The number of nitrogens with zero attached hydrogens (tertiary/aromatic N) is 2. The minimum atomic E-state index is -0.946. The van der Waals surface area contributed by atoms with Crippen LogP contribution in [0.4, 0.5) is 5.82 Å². The van der Waals surface area contributed by atoms with E-state index in [1.165, 1.54) is 6.42 Å². The highest BCUT2D eigenvalue weighted by Crippen LogP contribution is 2.36. The monoisotopic (exact) mass is 249 g/mol. The van der Waals surface area contributed by atoms with E-state index >= 15 is 0 Å². The fourth-order valence-corrected chi connectivity index (χ4v) is 2.33. The highest BCUT2D eigenvalue weighted by atomic mass is 16.4. The molecule has 98 valence electrons. The summed E-state index contributed by atoms with van der Waals surface area (Å²) >= 11 is 0. The highest BCUT2D eigenvalue weighted by molar-refractivity contribution is 5.92. The molecule has 1 saturated carbocycles. The van der Waals surface area contributed by atoms with Gasteiger partial charge in [-0.25, -0.2) is 9.78 Å². The number of aromatic carboxylic acids is 1. The van der Waals surface area contributed by atoms with E-state index < -0.39 is 5.97 Å². The molecule has 0 atom stereocenters. The molecular weight excluding hydrogens is 230 g/mol. The van der Waals surface area contributed by atoms with Crippen molar-refractivity contribution in [1.29, 1.82) is 0 Å². The predicted octanol–water partition coefficient (Wildman–Crippen LogP) is 1.68. The second-order valence-electron chi connectivity index (χ2n) is 5.03. The zero-order valence-electron chi connectivity index (χ0n) is 10.8. The standard InChI is InChI=1S/C13H19N3O2/c1-16(2)13(6-4-7-13)9-15-11-10(12(17)18)5-3-8-14-11/h3,5,8H,4,6-7,9H2,1-2H3,(H,14,15)(H,17,18). The zero-order chi connectivity index (χ0) is 13.2. The summed E-state index contributed by atoms with van der Waals surface area (Å²) in [6, 6.07) is 3.21. The van der Waals surface area contributed by atoms with Crippen molar-refractivity contribution in [3.05, 3.63) is 23.9 Å². The molecule has 1 aromatic heterocycles. The molecule has 0 saturated heterocycles. The summed E-state index contributed by atoms with van der Waals surface area (Å²) in [6.45, 7) is 0.733. The molecule has 0 aromatic carbocycles. The van der Waals surface area contributed by atoms with Crippen LogP contribution in [0.5, 0.6) is 0 Å². The van der Waals surface area contributed by atoms with Crippen LogP contribution in [0.15, 0.2) is 18.3 Å². The maximum absolute atomic E-state index is 11.1. The number of carboxylic acids is 1. The molecule has 18 heavy (non-hydrogen) atoms. The third-order valence-electron chi connectivity index (χ3n) is 3.86. The van der Waals surface area contributed by atoms with E-state index in [1.54, 1.807) is 18.3 Å². The maximum atomic E-state index is 11.1. The second kappa shape index (κ2) is 4.94. The first-order chi connectivity index (χ1) is 8.55. The molecule has 1 fully saturated rings. The largest absolute Gasteiger partial charge is 0.478 e. The Morgan fingerprint density at radius 2 is 2.28 bits per heavy atom. The molecule has 1 aliphatic carbocycles. The van der Waals surface area contributed by atoms with E-state index in [2.05, 4.69) is 29.3 Å². The molecular formula is C13H19N3O2. The van der Waals surface area contributed by atoms with Crippen molar-refractivity contribution in [3.63, 3.8) is 0 Å². The summed E-state index contributed by atoms with van der Waals surface area (Å²) in [5.74, 6) is -0.490. The summed E-state index contributed by atoms with van der Waals surface area (Å²) in [4.78, 5) is 17.4. The Bertz CT molecular complexity index is 442. The van der Waals surface area contributed by atoms with Gasteiger partial charge in [-0.15, -0.1) is 0 Å². The molecule has 0 amide bonds. The Balaban J connectivity index is 2.08. The van der Waals surface area contributed by atoms with Crippen molar-refractivity contribution in [1.82, 2.24) is 9.88 Å². The molecule has 0 radical (unpaired) electrons. The number of nitrogens with one attached hydrogen (secondary N) is 1. The Hall–Kier alpha value is -1.62. The van der Waals surface area contributed by atoms with Gasteiger partial charge in [0.05, 0.1) is 0 Å². The van der Waals surface area contributed by atoms with Gasteiger partial charge in [-0.2, -0.15) is 0 Å². The molecule has 0 spiro atoms. The number of pyridine rings is 1. The van der Waals surface area contributed by atoms with Gasteiger partial charge in [0.1, 0.15) is 11.4 Å². The first-order valence-corrected chi connectivity index (χ1v) is 6.15. The number of hydrogen-bond acceptors (Lipinski definition) is 4. The summed E-state index contributed by atoms with van der Waals surface area (Å²) in [6.07, 6.45) is 5.12. The normalized spacial score (nSPS) is 17.3. The van der Waals surface area contributed by atoms with Crippen LogP contribution in [0.1, 0.15) is 29.6 Å². The minimum absolute atomic E-state index is 0.146. The molecule has 5 nitrogen and oxygen atoms in total. The minimum Gasteiger partial charge on any atom is -0.478 e. The van der Waals surface area contributed by atoms with Crippen molar-refractivity contribution >= 4 is 11.8 Å². The summed E-state index contributed by atoms with van der Waals surface area (Å²) in [7, 11) is 4.13. The molecule has 5 heteroatoms. The summed E-state index contributed by atoms with van der Waals surface area (Å²) in [5.41, 5.74) is 0.374. The number of carbonyl (C=O) groups is 1. The predicted molar refractivity (Wildman–Crippen MR) is 70.0 cm³/mol. The lowest BCUT2D eigenvalue weighted by molar-refractivity contribution is 0.0693. The van der Waals surface area contributed by atoms with Gasteiger partial charge in [0.25, 0.3) is 0 Å². The number of aromatic nitrogens is 1. The lowest BCUT2D eigenvalue weighted by atomic mass is 9.75. The maximum Gasteiger partial charge on any atom is 0.339 e. The molecule has 1 heterocycles. The Kier molecular flexibility index (Phi) is 3.52. The summed E-state index contributed by atoms with van der Waals surface area (Å²) < 4.78 is 0. The number of likely N-dealkylation sites (N-methyl/N-ethyl adjacent to an activating group) is 1. The van der Waals surface area contributed by atoms with E-state index in [0.717, 1.165) is 19.4 Å². The Morgan fingerprint density at radius 3 is 2.78 bits per heavy atom. The number of carboxylic acid groups (broad SMARTS) is 1. The number of hydrogen-bond donors (Lipinski definition) is 2. The highest BCUT2D eigenvalue weighted by Gasteiger charge is 2.38. The molecule has 0 bridgehead atoms. The molecule has 0 unspecified atom stereocenters. The van der Waals surface area contributed by atoms with Gasteiger partial charge >= 0.3 is 5.97 Å². The quantitative estimate of drug-likeness (QED) is 0.831. The fraction of sp³-hybridized carbons (Fsp3) is 0.538. The Labute approximate surface area is 107 Å². The van der Waals surface area contributed by atoms with E-state index in [9.17, 15) is 4.79 Å². The number of anilines is 1. The van der Waals surface area contributed by atoms with Gasteiger partial charge in [0.2, 0.25) is 0 Å². The average molecular weight is 249 g/mol. The average Bonchev–Trinajstić information content (AvgIpc) is 2.27. The van der Waals surface area contributed by atoms with Crippen LogP contribution in [0.3, 0.4) is 0 Å². The van der Waals surface area contributed by atoms with E-state index in [0.29, 0.717) is 5.82 Å². The van der Waals surface area contributed by atoms with E-state index in [1.807, 2.05) is 0 Å². The van der Waals surface area contributed by atoms with Gasteiger partial charge in [-0.3, -0.25) is 0 Å². The lowest BCUT2D eigenvalue weighted by Crippen LogP contribution is -2.54. The molecule has 2 N–H and O–H groups in total. The van der Waals surface area contributed by atoms with Crippen molar-refractivity contribution in [3.8, 4) is 0 Å². The third kappa shape index (κ3) is 2.31. The molecule has 0 aliphatic heterocycles. The zero-order valence-corrected chi connectivity index (χ0v) is 10.8. The van der Waals surface area contributed by atoms with E-state index in [-0.39, 0.29) is 11.1 Å². The smallest absolute Gasteiger partial charge is 0.339 e. The molecule has 1 aromatic rings. The first kappa shape index (κ1) is 12.8. The van der Waals surface area contributed by atoms with Crippen molar-refractivity contribution in [2.45, 2.75) is 24.8 Å². The molecule has 2 rings (SSSR count). The summed E-state index contributed by atoms with van der Waals surface area (Å²) in [5, 5.41) is 12.3. The van der Waals surface area contributed by atoms with Crippen molar-refractivity contribution in [2.75, 3.05) is 26.0 Å². The fourth-order valence-electron chi connectivity index (χ4n) is 2.33. The van der Waals surface area contributed by atoms with Crippen LogP contribution < -0.4 is 5.32 Å². The van der Waals surface area contributed by atoms with Gasteiger partial charge in [0.15, 0.2) is 0 Å². The van der Waals surface area contributed by atoms with Crippen LogP contribution >= 0.6 is 0 Å². The lowest BCUT2D eigenvalue weighted by Gasteiger charge is -2.47. The van der Waals surface area contributed by atoms with Crippen LogP contribution in [-0.2, 0) is 0 Å². The van der Waals surface area contributed by atoms with Crippen molar-refractivity contribution < 1.29 is 9.90 Å². The van der Waals surface area contributed by atoms with Crippen LogP contribution in [0.25, 0.3) is 0 Å². The number of rotatable bonds is 5.